The molecular formula is C4H3N3OS2. The van der Waals surface area contributed by atoms with Gasteiger partial charge in [0.15, 0.2) is 5.71 Å². The minimum absolute atomic E-state index is 0.197. The van der Waals surface area contributed by atoms with Crippen LogP contribution in [-0.4, -0.2) is 21.3 Å². The summed E-state index contributed by atoms with van der Waals surface area (Å²) in [6, 6.07) is 0. The van der Waals surface area contributed by atoms with Gasteiger partial charge in [0.2, 0.25) is 0 Å². The molecule has 2 heterocycles. The summed E-state index contributed by atoms with van der Waals surface area (Å²) in [5.74, 6) is -0.273. The van der Waals surface area contributed by atoms with Gasteiger partial charge in [-0.2, -0.15) is 0 Å². The third-order valence-corrected chi connectivity index (χ3v) is 4.13. The van der Waals surface area contributed by atoms with E-state index in [1.54, 1.807) is 23.5 Å². The molecule has 1 fully saturated rings. The minimum atomic E-state index is -0.273. The molecule has 2 aliphatic rings. The van der Waals surface area contributed by atoms with Crippen molar-refractivity contribution in [1.82, 2.24) is 0 Å². The van der Waals surface area contributed by atoms with Crippen LogP contribution in [0.25, 0.3) is 0 Å². The normalized spacial score (nSPS) is 24.8. The fraction of sp³-hybridized carbons (Fsp3) is 0.500. The van der Waals surface area contributed by atoms with Crippen molar-refractivity contribution >= 4 is 35.1 Å². The van der Waals surface area contributed by atoms with E-state index in [0.29, 0.717) is 5.71 Å². The molecule has 4 nitrogen and oxygen atoms in total. The molecule has 1 saturated heterocycles. The molecule has 0 bridgehead atoms. The first kappa shape index (κ1) is 6.36. The van der Waals surface area contributed by atoms with E-state index in [-0.39, 0.29) is 10.5 Å². The van der Waals surface area contributed by atoms with Crippen LogP contribution in [0.2, 0.25) is 0 Å². The highest BCUT2D eigenvalue weighted by Gasteiger charge is 2.32. The Kier molecular flexibility index (Phi) is 1.50. The lowest BCUT2D eigenvalue weighted by Gasteiger charge is -2.21. The van der Waals surface area contributed by atoms with E-state index in [1.807, 2.05) is 0 Å². The Morgan fingerprint density at radius 3 is 2.70 bits per heavy atom. The molecule has 0 radical (unpaired) electrons. The summed E-state index contributed by atoms with van der Waals surface area (Å²) >= 11 is 3.40. The van der Waals surface area contributed by atoms with Crippen LogP contribution in [0.5, 0.6) is 0 Å². The van der Waals surface area contributed by atoms with Gasteiger partial charge >= 0.3 is 5.91 Å². The Labute approximate surface area is 65.5 Å². The smallest absolute Gasteiger partial charge is 0.263 e. The number of rotatable bonds is 1. The second-order valence-electron chi connectivity index (χ2n) is 1.76. The van der Waals surface area contributed by atoms with Crippen LogP contribution in [0.1, 0.15) is 0 Å². The number of carbonyl (C=O) groups excluding carboxylic acids is 1. The Bertz CT molecular complexity index is 233. The summed E-state index contributed by atoms with van der Waals surface area (Å²) in [5, 5.41) is 11.2. The monoisotopic (exact) mass is 173 g/mol. The van der Waals surface area contributed by atoms with Gasteiger partial charge < -0.3 is 0 Å². The maximum atomic E-state index is 10.8. The van der Waals surface area contributed by atoms with Crippen LogP contribution >= 0.6 is 23.5 Å². The van der Waals surface area contributed by atoms with Crippen molar-refractivity contribution in [2.24, 2.45) is 15.4 Å². The van der Waals surface area contributed by atoms with Crippen LogP contribution in [0.3, 0.4) is 0 Å². The van der Waals surface area contributed by atoms with Gasteiger partial charge in [0, 0.05) is 5.08 Å². The lowest BCUT2D eigenvalue weighted by molar-refractivity contribution is -0.111. The van der Waals surface area contributed by atoms with Gasteiger partial charge in [0.05, 0.1) is 0 Å². The van der Waals surface area contributed by atoms with Gasteiger partial charge in [0.1, 0.15) is 4.58 Å². The first-order valence-corrected chi connectivity index (χ1v) is 4.74. The van der Waals surface area contributed by atoms with Crippen molar-refractivity contribution in [3.05, 3.63) is 0 Å². The second kappa shape index (κ2) is 2.35. The predicted octanol–water partition coefficient (Wildman–Crippen LogP) is 1.10. The molecule has 0 aromatic rings. The highest BCUT2D eigenvalue weighted by molar-refractivity contribution is 8.33. The Hall–Kier alpha value is -0.360. The van der Waals surface area contributed by atoms with Crippen molar-refractivity contribution in [2.45, 2.75) is 4.58 Å². The lowest BCUT2D eigenvalue weighted by atomic mass is 10.4. The summed E-state index contributed by atoms with van der Waals surface area (Å²) in [6.07, 6.45) is 0. The molecule has 1 amide bonds. The molecule has 0 aromatic carbocycles. The molecule has 2 rings (SSSR count). The molecule has 10 heavy (non-hydrogen) atoms. The number of hydrogen-bond acceptors (Lipinski definition) is 5. The largest absolute Gasteiger partial charge is 0.315 e. The van der Waals surface area contributed by atoms with E-state index in [4.69, 9.17) is 0 Å². The number of carbonyl (C=O) groups is 1. The van der Waals surface area contributed by atoms with Crippen molar-refractivity contribution in [2.75, 3.05) is 5.08 Å². The van der Waals surface area contributed by atoms with Crippen LogP contribution in [-0.2, 0) is 4.79 Å². The van der Waals surface area contributed by atoms with Crippen LogP contribution in [0.15, 0.2) is 15.4 Å². The molecule has 0 atom stereocenters. The summed E-state index contributed by atoms with van der Waals surface area (Å²) in [6.45, 7) is 0. The third-order valence-electron chi connectivity index (χ3n) is 1.17. The van der Waals surface area contributed by atoms with Crippen LogP contribution in [0, 0.1) is 0 Å². The van der Waals surface area contributed by atoms with Crippen LogP contribution < -0.4 is 0 Å². The van der Waals surface area contributed by atoms with Crippen molar-refractivity contribution in [3.8, 4) is 0 Å². The minimum Gasteiger partial charge on any atom is -0.263 e. The average molecular weight is 173 g/mol. The average Bonchev–Trinajstić information content (AvgIpc) is 2.12. The van der Waals surface area contributed by atoms with Gasteiger partial charge in [-0.15, -0.1) is 28.6 Å². The number of thioether (sulfide) groups is 2. The quantitative estimate of drug-likeness (QED) is 0.596. The van der Waals surface area contributed by atoms with E-state index in [2.05, 4.69) is 15.4 Å². The fourth-order valence-corrected chi connectivity index (χ4v) is 2.35. The fourth-order valence-electron chi connectivity index (χ4n) is 0.647. The number of amides is 1. The van der Waals surface area contributed by atoms with Crippen LogP contribution in [0.4, 0.5) is 0 Å². The zero-order valence-corrected chi connectivity index (χ0v) is 6.48. The van der Waals surface area contributed by atoms with E-state index in [0.717, 1.165) is 5.08 Å². The predicted molar refractivity (Wildman–Crippen MR) is 41.1 cm³/mol. The SMILES string of the molecule is O=C1N=NN=C1C1SCS1. The maximum Gasteiger partial charge on any atom is 0.315 e. The Morgan fingerprint density at radius 2 is 2.30 bits per heavy atom. The van der Waals surface area contributed by atoms with Crippen molar-refractivity contribution in [1.29, 1.82) is 0 Å². The summed E-state index contributed by atoms with van der Waals surface area (Å²) in [4.78, 5) is 10.8. The number of hydrogen-bond donors (Lipinski definition) is 0. The van der Waals surface area contributed by atoms with Gasteiger partial charge in [-0.25, -0.2) is 0 Å². The summed E-state index contributed by atoms with van der Waals surface area (Å²) in [5.41, 5.74) is 0.501. The van der Waals surface area contributed by atoms with Crippen molar-refractivity contribution < 1.29 is 4.79 Å². The molecule has 0 N–H and O–H groups in total. The summed E-state index contributed by atoms with van der Waals surface area (Å²) < 4.78 is 0.197. The maximum absolute atomic E-state index is 10.8. The first-order valence-electron chi connectivity index (χ1n) is 2.64. The molecule has 0 unspecified atom stereocenters. The zero-order valence-electron chi connectivity index (χ0n) is 4.85. The van der Waals surface area contributed by atoms with Gasteiger partial charge in [-0.05, 0) is 5.22 Å². The molecule has 0 saturated carbocycles. The summed E-state index contributed by atoms with van der Waals surface area (Å²) in [7, 11) is 0. The molecule has 6 heteroatoms. The Morgan fingerprint density at radius 1 is 1.50 bits per heavy atom. The van der Waals surface area contributed by atoms with E-state index >= 15 is 0 Å². The topological polar surface area (TPSA) is 54.1 Å². The van der Waals surface area contributed by atoms with Crippen molar-refractivity contribution in [3.63, 3.8) is 0 Å². The van der Waals surface area contributed by atoms with Gasteiger partial charge in [0.25, 0.3) is 0 Å². The highest BCUT2D eigenvalue weighted by Crippen LogP contribution is 2.40. The zero-order chi connectivity index (χ0) is 6.97. The Balaban J connectivity index is 2.12. The molecule has 0 spiro atoms. The number of nitrogens with zero attached hydrogens (tertiary/aromatic N) is 3. The lowest BCUT2D eigenvalue weighted by Crippen LogP contribution is -2.25. The third kappa shape index (κ3) is 0.873. The first-order chi connectivity index (χ1) is 4.88. The molecule has 52 valence electrons. The molecule has 0 aliphatic carbocycles. The molecule has 2 aliphatic heterocycles. The highest BCUT2D eigenvalue weighted by atomic mass is 32.3. The standard InChI is InChI=1S/C4H3N3OS2/c8-3-2(5-7-6-3)4-9-1-10-4/h4H,1H2. The van der Waals surface area contributed by atoms with E-state index < -0.39 is 0 Å². The van der Waals surface area contributed by atoms with Gasteiger partial charge in [-0.1, -0.05) is 5.11 Å². The van der Waals surface area contributed by atoms with Gasteiger partial charge in [-0.3, -0.25) is 4.79 Å². The molecule has 0 aromatic heterocycles. The van der Waals surface area contributed by atoms with E-state index in [1.165, 1.54) is 0 Å². The van der Waals surface area contributed by atoms with E-state index in [9.17, 15) is 4.79 Å². The molecular weight excluding hydrogens is 170 g/mol. The second-order valence-corrected chi connectivity index (χ2v) is 4.61.